The summed E-state index contributed by atoms with van der Waals surface area (Å²) in [4.78, 5) is 21.0. The molecular weight excluding hydrogens is 507 g/mol. The number of benzene rings is 4. The van der Waals surface area contributed by atoms with Crippen molar-refractivity contribution in [1.29, 1.82) is 0 Å². The van der Waals surface area contributed by atoms with Gasteiger partial charge >= 0.3 is 0 Å². The number of halogens is 1. The van der Waals surface area contributed by atoms with Crippen LogP contribution >= 0.6 is 22.6 Å². The second-order valence-electron chi connectivity index (χ2n) is 7.68. The third kappa shape index (κ3) is 3.86. The van der Waals surface area contributed by atoms with E-state index in [9.17, 15) is 4.79 Å². The minimum atomic E-state index is -0.239. The number of nitrogens with zero attached hydrogens (tertiary/aromatic N) is 2. The molecular formula is C28H21IN2O. The molecule has 4 aromatic rings. The predicted molar refractivity (Wildman–Crippen MR) is 137 cm³/mol. The molecule has 0 radical (unpaired) electrons. The van der Waals surface area contributed by atoms with Crippen molar-refractivity contribution in [2.45, 2.75) is 12.1 Å². The molecule has 1 aliphatic heterocycles. The molecule has 4 aromatic carbocycles. The van der Waals surface area contributed by atoms with E-state index in [1.54, 1.807) is 0 Å². The van der Waals surface area contributed by atoms with Crippen molar-refractivity contribution < 1.29 is 4.79 Å². The van der Waals surface area contributed by atoms with Crippen molar-refractivity contribution >= 4 is 34.3 Å². The zero-order chi connectivity index (χ0) is 21.9. The van der Waals surface area contributed by atoms with Crippen LogP contribution in [0, 0.1) is 3.57 Å². The first kappa shape index (κ1) is 20.6. The SMILES string of the molecule is O=C(c1ccccc1)N1C(c2ccccc2I)=N[C@@H](c2ccccc2)[C@@H]1c1ccccc1. The van der Waals surface area contributed by atoms with Crippen LogP contribution in [0.1, 0.15) is 39.1 Å². The molecule has 156 valence electrons. The van der Waals surface area contributed by atoms with Gasteiger partial charge in [-0.3, -0.25) is 14.7 Å². The van der Waals surface area contributed by atoms with Crippen molar-refractivity contribution in [2.75, 3.05) is 0 Å². The summed E-state index contributed by atoms with van der Waals surface area (Å²) in [6.07, 6.45) is 0. The maximum absolute atomic E-state index is 13.9. The lowest BCUT2D eigenvalue weighted by Gasteiger charge is -2.30. The van der Waals surface area contributed by atoms with Gasteiger partial charge in [0.1, 0.15) is 11.9 Å². The Morgan fingerprint density at radius 2 is 1.22 bits per heavy atom. The summed E-state index contributed by atoms with van der Waals surface area (Å²) in [5, 5.41) is 0. The van der Waals surface area contributed by atoms with Crippen LogP contribution in [0.25, 0.3) is 0 Å². The van der Waals surface area contributed by atoms with Crippen LogP contribution in [0.2, 0.25) is 0 Å². The van der Waals surface area contributed by atoms with Crippen LogP contribution in [0.5, 0.6) is 0 Å². The fourth-order valence-corrected chi connectivity index (χ4v) is 4.84. The molecule has 1 amide bonds. The first-order valence-corrected chi connectivity index (χ1v) is 11.6. The number of hydrogen-bond acceptors (Lipinski definition) is 2. The van der Waals surface area contributed by atoms with Gasteiger partial charge in [-0.05, 0) is 51.9 Å². The summed E-state index contributed by atoms with van der Waals surface area (Å²) in [6, 6.07) is 37.6. The molecule has 3 nitrogen and oxygen atoms in total. The van der Waals surface area contributed by atoms with E-state index in [0.717, 1.165) is 20.3 Å². The minimum absolute atomic E-state index is 0.0451. The van der Waals surface area contributed by atoms with Gasteiger partial charge in [0.15, 0.2) is 0 Å². The van der Waals surface area contributed by atoms with Crippen LogP contribution < -0.4 is 0 Å². The quantitative estimate of drug-likeness (QED) is 0.272. The topological polar surface area (TPSA) is 32.7 Å². The molecule has 0 saturated heterocycles. The Balaban J connectivity index is 1.73. The number of carbonyl (C=O) groups is 1. The second kappa shape index (κ2) is 9.09. The van der Waals surface area contributed by atoms with Gasteiger partial charge in [0.05, 0.1) is 6.04 Å². The summed E-state index contributed by atoms with van der Waals surface area (Å²) < 4.78 is 1.07. The van der Waals surface area contributed by atoms with Crippen molar-refractivity contribution in [2.24, 2.45) is 4.99 Å². The standard InChI is InChI=1S/C28H21IN2O/c29-24-19-11-10-18-23(24)27-30-25(20-12-4-1-5-13-20)26(21-14-6-2-7-15-21)31(27)28(32)22-16-8-3-9-17-22/h1-19,25-26H/t25-,26-/m0/s1. The van der Waals surface area contributed by atoms with E-state index >= 15 is 0 Å². The molecule has 0 saturated carbocycles. The maximum atomic E-state index is 13.9. The van der Waals surface area contributed by atoms with Crippen LogP contribution in [0.4, 0.5) is 0 Å². The summed E-state index contributed by atoms with van der Waals surface area (Å²) in [6.45, 7) is 0. The fourth-order valence-electron chi connectivity index (χ4n) is 4.21. The molecule has 4 heteroatoms. The van der Waals surface area contributed by atoms with Gasteiger partial charge < -0.3 is 0 Å². The average Bonchev–Trinajstić information content (AvgIpc) is 3.26. The number of rotatable bonds is 4. The Labute approximate surface area is 201 Å². The summed E-state index contributed by atoms with van der Waals surface area (Å²) >= 11 is 2.32. The van der Waals surface area contributed by atoms with Crippen LogP contribution in [-0.2, 0) is 0 Å². The molecule has 32 heavy (non-hydrogen) atoms. The minimum Gasteiger partial charge on any atom is -0.282 e. The Kier molecular flexibility index (Phi) is 5.86. The van der Waals surface area contributed by atoms with E-state index in [4.69, 9.17) is 4.99 Å². The first-order chi connectivity index (χ1) is 15.7. The molecule has 0 spiro atoms. The molecule has 0 aliphatic carbocycles. The number of aliphatic imine (C=N–C) groups is 1. The largest absolute Gasteiger partial charge is 0.282 e. The van der Waals surface area contributed by atoms with Gasteiger partial charge in [-0.25, -0.2) is 0 Å². The van der Waals surface area contributed by atoms with Gasteiger partial charge in [0, 0.05) is 14.7 Å². The summed E-state index contributed by atoms with van der Waals surface area (Å²) in [5.74, 6) is 0.669. The Morgan fingerprint density at radius 1 is 0.688 bits per heavy atom. The number of amides is 1. The maximum Gasteiger partial charge on any atom is 0.260 e. The summed E-state index contributed by atoms with van der Waals surface area (Å²) in [7, 11) is 0. The van der Waals surface area contributed by atoms with E-state index in [1.807, 2.05) is 89.8 Å². The van der Waals surface area contributed by atoms with Crippen molar-refractivity contribution in [3.8, 4) is 0 Å². The van der Waals surface area contributed by atoms with Crippen LogP contribution in [0.15, 0.2) is 120 Å². The van der Waals surface area contributed by atoms with Gasteiger partial charge in [0.25, 0.3) is 5.91 Å². The normalized spacial score (nSPS) is 17.8. The van der Waals surface area contributed by atoms with E-state index < -0.39 is 0 Å². The highest BCUT2D eigenvalue weighted by molar-refractivity contribution is 14.1. The lowest BCUT2D eigenvalue weighted by molar-refractivity contribution is 0.0805. The highest BCUT2D eigenvalue weighted by Gasteiger charge is 2.42. The molecule has 0 bridgehead atoms. The van der Waals surface area contributed by atoms with Gasteiger partial charge in [-0.1, -0.05) is 97.1 Å². The molecule has 5 rings (SSSR count). The average molecular weight is 528 g/mol. The van der Waals surface area contributed by atoms with Gasteiger partial charge in [0.2, 0.25) is 0 Å². The van der Waals surface area contributed by atoms with Crippen molar-refractivity contribution in [3.05, 3.63) is 141 Å². The molecule has 1 heterocycles. The molecule has 0 N–H and O–H groups in total. The monoisotopic (exact) mass is 528 g/mol. The third-order valence-electron chi connectivity index (χ3n) is 5.70. The zero-order valence-electron chi connectivity index (χ0n) is 17.3. The van der Waals surface area contributed by atoms with Crippen LogP contribution in [-0.4, -0.2) is 16.6 Å². The lowest BCUT2D eigenvalue weighted by atomic mass is 9.93. The van der Waals surface area contributed by atoms with Crippen molar-refractivity contribution in [1.82, 2.24) is 4.90 Å². The lowest BCUT2D eigenvalue weighted by Crippen LogP contribution is -2.38. The van der Waals surface area contributed by atoms with E-state index in [0.29, 0.717) is 11.4 Å². The van der Waals surface area contributed by atoms with E-state index in [2.05, 4.69) is 52.9 Å². The molecule has 0 fully saturated rings. The Hall–Kier alpha value is -3.25. The molecule has 0 aromatic heterocycles. The third-order valence-corrected chi connectivity index (χ3v) is 6.64. The first-order valence-electron chi connectivity index (χ1n) is 10.6. The number of amidine groups is 1. The van der Waals surface area contributed by atoms with Gasteiger partial charge in [-0.2, -0.15) is 0 Å². The molecule has 1 aliphatic rings. The molecule has 0 unspecified atom stereocenters. The Bertz CT molecular complexity index is 1260. The van der Waals surface area contributed by atoms with Gasteiger partial charge in [-0.15, -0.1) is 0 Å². The number of hydrogen-bond donors (Lipinski definition) is 0. The molecule has 2 atom stereocenters. The second-order valence-corrected chi connectivity index (χ2v) is 8.85. The highest BCUT2D eigenvalue weighted by atomic mass is 127. The fraction of sp³-hybridized carbons (Fsp3) is 0.0714. The van der Waals surface area contributed by atoms with E-state index in [-0.39, 0.29) is 18.0 Å². The predicted octanol–water partition coefficient (Wildman–Crippen LogP) is 6.68. The Morgan fingerprint density at radius 3 is 1.84 bits per heavy atom. The summed E-state index contributed by atoms with van der Waals surface area (Å²) in [5.41, 5.74) is 3.78. The zero-order valence-corrected chi connectivity index (χ0v) is 19.5. The smallest absolute Gasteiger partial charge is 0.260 e. The van der Waals surface area contributed by atoms with Crippen LogP contribution in [0.3, 0.4) is 0 Å². The van der Waals surface area contributed by atoms with E-state index in [1.165, 1.54) is 0 Å². The van der Waals surface area contributed by atoms with Crippen molar-refractivity contribution in [3.63, 3.8) is 0 Å². The number of carbonyl (C=O) groups excluding carboxylic acids is 1. The highest BCUT2D eigenvalue weighted by Crippen LogP contribution is 2.44.